The summed E-state index contributed by atoms with van der Waals surface area (Å²) in [5, 5.41) is 2.64. The lowest BCUT2D eigenvalue weighted by Gasteiger charge is -2.47. The molecule has 1 aromatic carbocycles. The summed E-state index contributed by atoms with van der Waals surface area (Å²) >= 11 is 0. The fourth-order valence-corrected chi connectivity index (χ4v) is 2.31. The van der Waals surface area contributed by atoms with Crippen molar-refractivity contribution in [2.75, 3.05) is 13.2 Å². The molecular formula is C15H16N2O4. The molecule has 0 aromatic heterocycles. The van der Waals surface area contributed by atoms with Crippen LogP contribution in [0, 0.1) is 0 Å². The molecule has 0 aliphatic carbocycles. The fraction of sp³-hybridized carbons (Fsp3) is 0.333. The van der Waals surface area contributed by atoms with Crippen LogP contribution in [0.3, 0.4) is 0 Å². The van der Waals surface area contributed by atoms with Gasteiger partial charge in [0.2, 0.25) is 0 Å². The van der Waals surface area contributed by atoms with Crippen LogP contribution in [0.5, 0.6) is 5.75 Å². The summed E-state index contributed by atoms with van der Waals surface area (Å²) in [5.41, 5.74) is 0.983. The molecule has 0 spiro atoms. The standard InChI is InChI=1S/C15H16N2O4/c1-10-7-17-14(19)13(15(17)21-8-10)16-12(18)9-20-11-5-3-2-4-6-11/h2-7,13,15H,8-9H2,1H3,(H,16,18). The Kier molecular flexibility index (Phi) is 3.62. The topological polar surface area (TPSA) is 67.9 Å². The normalized spacial score (nSPS) is 23.8. The van der Waals surface area contributed by atoms with Gasteiger partial charge in [0.25, 0.3) is 11.8 Å². The predicted molar refractivity (Wildman–Crippen MR) is 74.2 cm³/mol. The first-order valence-corrected chi connectivity index (χ1v) is 6.73. The average molecular weight is 288 g/mol. The van der Waals surface area contributed by atoms with Gasteiger partial charge < -0.3 is 14.8 Å². The zero-order valence-corrected chi connectivity index (χ0v) is 11.6. The van der Waals surface area contributed by atoms with Crippen molar-refractivity contribution in [3.8, 4) is 5.75 Å². The highest BCUT2D eigenvalue weighted by Crippen LogP contribution is 2.26. The average Bonchev–Trinajstić information content (AvgIpc) is 2.51. The van der Waals surface area contributed by atoms with Crippen LogP contribution in [0.25, 0.3) is 0 Å². The van der Waals surface area contributed by atoms with E-state index >= 15 is 0 Å². The first-order valence-electron chi connectivity index (χ1n) is 6.73. The summed E-state index contributed by atoms with van der Waals surface area (Å²) in [6.45, 7) is 2.24. The van der Waals surface area contributed by atoms with Crippen LogP contribution in [0.4, 0.5) is 0 Å². The number of nitrogens with zero attached hydrogens (tertiary/aromatic N) is 1. The van der Waals surface area contributed by atoms with Gasteiger partial charge in [0.1, 0.15) is 5.75 Å². The van der Waals surface area contributed by atoms with Gasteiger partial charge in [0.05, 0.1) is 6.61 Å². The van der Waals surface area contributed by atoms with Crippen molar-refractivity contribution in [3.05, 3.63) is 42.1 Å². The van der Waals surface area contributed by atoms with Crippen molar-refractivity contribution in [1.82, 2.24) is 10.2 Å². The first kappa shape index (κ1) is 13.6. The van der Waals surface area contributed by atoms with E-state index < -0.39 is 12.3 Å². The minimum atomic E-state index is -0.624. The van der Waals surface area contributed by atoms with E-state index in [-0.39, 0.29) is 18.4 Å². The van der Waals surface area contributed by atoms with Crippen LogP contribution in [0.15, 0.2) is 42.1 Å². The van der Waals surface area contributed by atoms with Crippen LogP contribution in [0.2, 0.25) is 0 Å². The van der Waals surface area contributed by atoms with Gasteiger partial charge in [-0.05, 0) is 24.6 Å². The number of nitrogens with one attached hydrogen (secondary N) is 1. The molecule has 1 aromatic rings. The van der Waals surface area contributed by atoms with E-state index in [0.717, 1.165) is 5.57 Å². The molecule has 110 valence electrons. The van der Waals surface area contributed by atoms with Crippen LogP contribution in [-0.4, -0.2) is 42.2 Å². The summed E-state index contributed by atoms with van der Waals surface area (Å²) in [6, 6.07) is 8.42. The molecule has 2 atom stereocenters. The Morgan fingerprint density at radius 2 is 2.19 bits per heavy atom. The zero-order valence-electron chi connectivity index (χ0n) is 11.6. The highest BCUT2D eigenvalue weighted by molar-refractivity contribution is 5.94. The molecule has 2 amide bonds. The lowest BCUT2D eigenvalue weighted by Crippen LogP contribution is -2.71. The van der Waals surface area contributed by atoms with Crippen molar-refractivity contribution in [1.29, 1.82) is 0 Å². The first-order chi connectivity index (χ1) is 10.1. The molecule has 2 unspecified atom stereocenters. The van der Waals surface area contributed by atoms with E-state index in [0.29, 0.717) is 12.4 Å². The van der Waals surface area contributed by atoms with Crippen molar-refractivity contribution in [2.45, 2.75) is 19.2 Å². The van der Waals surface area contributed by atoms with Crippen LogP contribution in [-0.2, 0) is 14.3 Å². The maximum atomic E-state index is 11.9. The molecular weight excluding hydrogens is 272 g/mol. The fourth-order valence-electron chi connectivity index (χ4n) is 2.31. The Labute approximate surface area is 122 Å². The number of hydrogen-bond acceptors (Lipinski definition) is 4. The SMILES string of the molecule is CC1=CN2C(=O)C(NC(=O)COc3ccccc3)C2OC1. The number of amides is 2. The number of fused-ring (bicyclic) bond motifs is 1. The Hall–Kier alpha value is -2.34. The van der Waals surface area contributed by atoms with Crippen molar-refractivity contribution >= 4 is 11.8 Å². The molecule has 2 aliphatic rings. The number of carbonyl (C=O) groups excluding carboxylic acids is 2. The van der Waals surface area contributed by atoms with Crippen molar-refractivity contribution in [2.24, 2.45) is 0 Å². The third-order valence-corrected chi connectivity index (χ3v) is 3.35. The van der Waals surface area contributed by atoms with Gasteiger partial charge in [0, 0.05) is 6.20 Å². The van der Waals surface area contributed by atoms with Crippen molar-refractivity contribution < 1.29 is 19.1 Å². The van der Waals surface area contributed by atoms with E-state index in [4.69, 9.17) is 9.47 Å². The number of para-hydroxylation sites is 1. The van der Waals surface area contributed by atoms with Gasteiger partial charge in [-0.25, -0.2) is 0 Å². The number of rotatable bonds is 4. The second-order valence-corrected chi connectivity index (χ2v) is 5.07. The molecule has 21 heavy (non-hydrogen) atoms. The molecule has 2 aliphatic heterocycles. The molecule has 0 bridgehead atoms. The monoisotopic (exact) mass is 288 g/mol. The summed E-state index contributed by atoms with van der Waals surface area (Å²) in [6.07, 6.45) is 1.36. The minimum Gasteiger partial charge on any atom is -0.484 e. The van der Waals surface area contributed by atoms with E-state index in [9.17, 15) is 9.59 Å². The molecule has 1 saturated heterocycles. The summed E-state index contributed by atoms with van der Waals surface area (Å²) in [7, 11) is 0. The Balaban J connectivity index is 1.51. The van der Waals surface area contributed by atoms with E-state index in [1.54, 1.807) is 18.3 Å². The van der Waals surface area contributed by atoms with Crippen LogP contribution in [0.1, 0.15) is 6.92 Å². The van der Waals surface area contributed by atoms with Crippen LogP contribution < -0.4 is 10.1 Å². The maximum absolute atomic E-state index is 11.9. The highest BCUT2D eigenvalue weighted by Gasteiger charge is 2.49. The lowest BCUT2D eigenvalue weighted by molar-refractivity contribution is -0.178. The van der Waals surface area contributed by atoms with E-state index in [1.807, 2.05) is 25.1 Å². The van der Waals surface area contributed by atoms with Crippen molar-refractivity contribution in [3.63, 3.8) is 0 Å². The second-order valence-electron chi connectivity index (χ2n) is 5.07. The van der Waals surface area contributed by atoms with E-state index in [2.05, 4.69) is 5.32 Å². The molecule has 1 N–H and O–H groups in total. The maximum Gasteiger partial charge on any atom is 0.258 e. The number of β-lactam (4-membered cyclic amide) rings is 1. The van der Waals surface area contributed by atoms with Gasteiger partial charge in [-0.15, -0.1) is 0 Å². The largest absolute Gasteiger partial charge is 0.484 e. The second kappa shape index (κ2) is 5.57. The van der Waals surface area contributed by atoms with Gasteiger partial charge in [-0.3, -0.25) is 14.5 Å². The third-order valence-electron chi connectivity index (χ3n) is 3.35. The number of ether oxygens (including phenoxy) is 2. The summed E-state index contributed by atoms with van der Waals surface area (Å²) in [4.78, 5) is 25.2. The molecule has 0 saturated carbocycles. The minimum absolute atomic E-state index is 0.130. The number of benzene rings is 1. The van der Waals surface area contributed by atoms with E-state index in [1.165, 1.54) is 4.90 Å². The Bertz CT molecular complexity index is 585. The predicted octanol–water partition coefficient (Wildman–Crippen LogP) is 0.652. The Morgan fingerprint density at radius 3 is 2.95 bits per heavy atom. The lowest BCUT2D eigenvalue weighted by atomic mass is 10.0. The quantitative estimate of drug-likeness (QED) is 0.826. The smallest absolute Gasteiger partial charge is 0.258 e. The molecule has 6 heteroatoms. The molecule has 1 fully saturated rings. The highest BCUT2D eigenvalue weighted by atomic mass is 16.5. The Morgan fingerprint density at radius 1 is 1.43 bits per heavy atom. The molecule has 0 radical (unpaired) electrons. The van der Waals surface area contributed by atoms with Gasteiger partial charge in [-0.2, -0.15) is 0 Å². The van der Waals surface area contributed by atoms with Gasteiger partial charge in [0.15, 0.2) is 18.9 Å². The summed E-state index contributed by atoms with van der Waals surface area (Å²) in [5.74, 6) is 0.112. The third kappa shape index (κ3) is 2.75. The molecule has 2 heterocycles. The molecule has 3 rings (SSSR count). The van der Waals surface area contributed by atoms with Gasteiger partial charge >= 0.3 is 0 Å². The number of hydrogen-bond donors (Lipinski definition) is 1. The van der Waals surface area contributed by atoms with Gasteiger partial charge in [-0.1, -0.05) is 18.2 Å². The van der Waals surface area contributed by atoms with Crippen LogP contribution >= 0.6 is 0 Å². The molecule has 6 nitrogen and oxygen atoms in total. The zero-order chi connectivity index (χ0) is 14.8. The number of carbonyl (C=O) groups is 2. The summed E-state index contributed by atoms with van der Waals surface area (Å²) < 4.78 is 10.9.